The van der Waals surface area contributed by atoms with Crippen LogP contribution in [0.5, 0.6) is 0 Å². The highest BCUT2D eigenvalue weighted by atomic mass is 32.2. The summed E-state index contributed by atoms with van der Waals surface area (Å²) < 4.78 is 2.21. The molecule has 0 unspecified atom stereocenters. The minimum Gasteiger partial charge on any atom is -0.355 e. The van der Waals surface area contributed by atoms with Gasteiger partial charge in [0.2, 0.25) is 0 Å². The molecule has 2 fully saturated rings. The Hall–Kier alpha value is -2.15. The van der Waals surface area contributed by atoms with Crippen molar-refractivity contribution in [3.63, 3.8) is 0 Å². The second-order valence-electron chi connectivity index (χ2n) is 7.34. The average Bonchev–Trinajstić information content (AvgIpc) is 2.94. The quantitative estimate of drug-likeness (QED) is 0.533. The van der Waals surface area contributed by atoms with E-state index < -0.39 is 0 Å². The number of hydrogen-bond donors (Lipinski definition) is 0. The molecule has 0 bridgehead atoms. The average molecular weight is 432 g/mol. The summed E-state index contributed by atoms with van der Waals surface area (Å²) in [5, 5.41) is 9.64. The first-order chi connectivity index (χ1) is 13.8. The van der Waals surface area contributed by atoms with Crippen molar-refractivity contribution in [2.24, 2.45) is 0 Å². The van der Waals surface area contributed by atoms with Crippen LogP contribution in [0, 0.1) is 18.3 Å². The molecule has 0 N–H and O–H groups in total. The van der Waals surface area contributed by atoms with Gasteiger partial charge in [0.25, 0.3) is 11.5 Å². The van der Waals surface area contributed by atoms with E-state index in [4.69, 9.17) is 12.2 Å². The first kappa shape index (κ1) is 21.6. The zero-order chi connectivity index (χ0) is 21.3. The summed E-state index contributed by atoms with van der Waals surface area (Å²) in [6.07, 6.45) is 2.57. The molecule has 3 rings (SSSR count). The molecule has 0 atom stereocenters. The van der Waals surface area contributed by atoms with Crippen LogP contribution in [0.4, 0.5) is 5.82 Å². The molecule has 29 heavy (non-hydrogen) atoms. The normalized spacial score (nSPS) is 19.3. The fourth-order valence-electron chi connectivity index (χ4n) is 3.61. The van der Waals surface area contributed by atoms with Crippen LogP contribution in [0.3, 0.4) is 0 Å². The van der Waals surface area contributed by atoms with Crippen molar-refractivity contribution in [2.75, 3.05) is 45.2 Å². The number of nitriles is 1. The van der Waals surface area contributed by atoms with Crippen molar-refractivity contribution in [3.05, 3.63) is 31.9 Å². The van der Waals surface area contributed by atoms with Gasteiger partial charge in [0.1, 0.15) is 21.8 Å². The molecule has 0 spiro atoms. The summed E-state index contributed by atoms with van der Waals surface area (Å²) in [6.45, 7) is 7.64. The van der Waals surface area contributed by atoms with Gasteiger partial charge in [-0.25, -0.2) is 0 Å². The number of thioether (sulfide) groups is 1. The molecule has 1 aromatic rings. The summed E-state index contributed by atoms with van der Waals surface area (Å²) in [5.74, 6) is 0.637. The lowest BCUT2D eigenvalue weighted by atomic mass is 10.0. The molecule has 9 heteroatoms. The van der Waals surface area contributed by atoms with Crippen LogP contribution in [-0.2, 0) is 11.3 Å². The Labute approximate surface area is 180 Å². The van der Waals surface area contributed by atoms with Gasteiger partial charge in [0.05, 0.1) is 4.91 Å². The number of anilines is 1. The summed E-state index contributed by atoms with van der Waals surface area (Å²) >= 11 is 6.51. The van der Waals surface area contributed by atoms with Gasteiger partial charge in [-0.3, -0.25) is 19.1 Å². The molecule has 154 valence electrons. The summed E-state index contributed by atoms with van der Waals surface area (Å²) in [5.41, 5.74) is 1.24. The monoisotopic (exact) mass is 431 g/mol. The van der Waals surface area contributed by atoms with Gasteiger partial charge in [0.15, 0.2) is 0 Å². The van der Waals surface area contributed by atoms with Crippen molar-refractivity contribution in [1.82, 2.24) is 14.4 Å². The largest absolute Gasteiger partial charge is 0.355 e. The smallest absolute Gasteiger partial charge is 0.270 e. The molecule has 2 saturated heterocycles. The number of aromatic nitrogens is 1. The number of pyridine rings is 1. The van der Waals surface area contributed by atoms with Crippen LogP contribution in [0.2, 0.25) is 0 Å². The number of likely N-dealkylation sites (N-methyl/N-ethyl adjacent to an activating group) is 2. The molecular weight excluding hydrogens is 406 g/mol. The highest BCUT2D eigenvalue weighted by molar-refractivity contribution is 8.26. The van der Waals surface area contributed by atoms with Crippen LogP contribution in [0.1, 0.15) is 30.0 Å². The van der Waals surface area contributed by atoms with Crippen molar-refractivity contribution in [2.45, 2.75) is 26.8 Å². The van der Waals surface area contributed by atoms with Gasteiger partial charge in [0, 0.05) is 45.3 Å². The minimum atomic E-state index is -0.263. The van der Waals surface area contributed by atoms with Gasteiger partial charge in [-0.05, 0) is 32.0 Å². The third-order valence-corrected chi connectivity index (χ3v) is 6.84. The Balaban J connectivity index is 2.26. The van der Waals surface area contributed by atoms with E-state index in [9.17, 15) is 14.9 Å². The van der Waals surface area contributed by atoms with E-state index in [1.165, 1.54) is 16.7 Å². The Morgan fingerprint density at radius 1 is 1.21 bits per heavy atom. The predicted molar refractivity (Wildman–Crippen MR) is 121 cm³/mol. The maximum Gasteiger partial charge on any atom is 0.270 e. The number of carbonyl (C=O) groups excluding carboxylic acids is 1. The number of piperazine rings is 1. The third kappa shape index (κ3) is 3.97. The van der Waals surface area contributed by atoms with Gasteiger partial charge in [-0.2, -0.15) is 5.26 Å². The molecule has 7 nitrogen and oxygen atoms in total. The predicted octanol–water partition coefficient (Wildman–Crippen LogP) is 2.02. The molecule has 2 aliphatic heterocycles. The van der Waals surface area contributed by atoms with E-state index in [-0.39, 0.29) is 17.0 Å². The SMILES string of the molecule is CCCn1c(N2CCN(C)CC2)c(/C=C2/SC(=S)N(C)C2=O)c(C)c(C#N)c1=O. The Bertz CT molecular complexity index is 984. The molecule has 0 aliphatic carbocycles. The molecule has 0 saturated carbocycles. The highest BCUT2D eigenvalue weighted by Crippen LogP contribution is 2.35. The van der Waals surface area contributed by atoms with Crippen LogP contribution >= 0.6 is 24.0 Å². The van der Waals surface area contributed by atoms with E-state index in [1.54, 1.807) is 24.6 Å². The first-order valence-corrected chi connectivity index (χ1v) is 10.8. The Morgan fingerprint density at radius 2 is 1.86 bits per heavy atom. The summed E-state index contributed by atoms with van der Waals surface area (Å²) in [6, 6.07) is 2.08. The zero-order valence-electron chi connectivity index (χ0n) is 17.2. The number of thiocarbonyl (C=S) groups is 1. The standard InChI is InChI=1S/C20H25N5O2S2/c1-5-6-25-17(24-9-7-22(3)8-10-24)14(13(2)15(12-21)18(25)26)11-16-19(27)23(4)20(28)29-16/h11H,5-10H2,1-4H3/b16-11+. The Morgan fingerprint density at radius 3 is 2.38 bits per heavy atom. The lowest BCUT2D eigenvalue weighted by Crippen LogP contribution is -2.47. The van der Waals surface area contributed by atoms with Crippen LogP contribution in [0.15, 0.2) is 9.70 Å². The van der Waals surface area contributed by atoms with Crippen molar-refractivity contribution in [1.29, 1.82) is 5.26 Å². The molecule has 0 radical (unpaired) electrons. The first-order valence-electron chi connectivity index (χ1n) is 9.62. The number of carbonyl (C=O) groups is 1. The van der Waals surface area contributed by atoms with Gasteiger partial charge < -0.3 is 9.80 Å². The van der Waals surface area contributed by atoms with Crippen molar-refractivity contribution >= 4 is 46.1 Å². The van der Waals surface area contributed by atoms with E-state index in [2.05, 4.69) is 22.9 Å². The second kappa shape index (κ2) is 8.69. The summed E-state index contributed by atoms with van der Waals surface area (Å²) in [4.78, 5) is 32.1. The third-order valence-electron chi connectivity index (χ3n) is 5.36. The fraction of sp³-hybridized carbons (Fsp3) is 0.500. The number of hydrogen-bond acceptors (Lipinski definition) is 7. The Kier molecular flexibility index (Phi) is 6.46. The zero-order valence-corrected chi connectivity index (χ0v) is 18.8. The van der Waals surface area contributed by atoms with Crippen LogP contribution in [-0.4, -0.2) is 64.9 Å². The molecule has 1 amide bonds. The molecule has 3 heterocycles. The van der Waals surface area contributed by atoms with Crippen molar-refractivity contribution in [3.8, 4) is 6.07 Å². The van der Waals surface area contributed by atoms with Crippen molar-refractivity contribution < 1.29 is 4.79 Å². The minimum absolute atomic E-state index is 0.134. The lowest BCUT2D eigenvalue weighted by molar-refractivity contribution is -0.121. The van der Waals surface area contributed by atoms with E-state index in [0.717, 1.165) is 44.0 Å². The van der Waals surface area contributed by atoms with Crippen LogP contribution in [0.25, 0.3) is 6.08 Å². The fourth-order valence-corrected chi connectivity index (χ4v) is 4.77. The maximum atomic E-state index is 13.1. The van der Waals surface area contributed by atoms with E-state index in [0.29, 0.717) is 21.3 Å². The van der Waals surface area contributed by atoms with Gasteiger partial charge in [-0.15, -0.1) is 0 Å². The van der Waals surface area contributed by atoms with Crippen LogP contribution < -0.4 is 10.5 Å². The topological polar surface area (TPSA) is 72.6 Å². The highest BCUT2D eigenvalue weighted by Gasteiger charge is 2.31. The molecule has 0 aromatic carbocycles. The van der Waals surface area contributed by atoms with E-state index in [1.807, 2.05) is 6.92 Å². The molecule has 1 aromatic heterocycles. The second-order valence-corrected chi connectivity index (χ2v) is 9.01. The number of nitrogens with zero attached hydrogens (tertiary/aromatic N) is 5. The maximum absolute atomic E-state index is 13.1. The van der Waals surface area contributed by atoms with E-state index >= 15 is 0 Å². The molecular formula is C20H25N5O2S2. The number of amides is 1. The summed E-state index contributed by atoms with van der Waals surface area (Å²) in [7, 11) is 3.74. The number of rotatable bonds is 4. The lowest BCUT2D eigenvalue weighted by Gasteiger charge is -2.36. The van der Waals surface area contributed by atoms with Gasteiger partial charge >= 0.3 is 0 Å². The molecule has 2 aliphatic rings. The van der Waals surface area contributed by atoms with Gasteiger partial charge in [-0.1, -0.05) is 30.9 Å².